The molecule has 1 saturated heterocycles. The van der Waals surface area contributed by atoms with E-state index in [1.165, 1.54) is 49.7 Å². The zero-order valence-corrected chi connectivity index (χ0v) is 16.4. The Balaban J connectivity index is 0.00000288. The third kappa shape index (κ3) is 4.09. The molecular weight excluding hydrogens is 374 g/mol. The number of benzene rings is 1. The van der Waals surface area contributed by atoms with Crippen LogP contribution in [0.15, 0.2) is 34.1 Å². The number of nitrogens with one attached hydrogen (secondary N) is 1. The number of hydrogen-bond acceptors (Lipinski definition) is 5. The first-order valence-electron chi connectivity index (χ1n) is 7.39. The fraction of sp³-hybridized carbons (Fsp3) is 0.571. The van der Waals surface area contributed by atoms with Crippen LogP contribution in [0.4, 0.5) is 0 Å². The van der Waals surface area contributed by atoms with Crippen LogP contribution in [0.2, 0.25) is 0 Å². The van der Waals surface area contributed by atoms with E-state index >= 15 is 0 Å². The van der Waals surface area contributed by atoms with Crippen molar-refractivity contribution < 1.29 is 16.8 Å². The number of nitrogens with zero attached hydrogens (tertiary/aromatic N) is 2. The summed E-state index contributed by atoms with van der Waals surface area (Å²) in [4.78, 5) is -0.361. The van der Waals surface area contributed by atoms with Gasteiger partial charge in [-0.1, -0.05) is 12.1 Å². The Kier molecular flexibility index (Phi) is 7.21. The summed E-state index contributed by atoms with van der Waals surface area (Å²) < 4.78 is 53.1. The summed E-state index contributed by atoms with van der Waals surface area (Å²) in [5, 5.41) is 3.19. The van der Waals surface area contributed by atoms with E-state index < -0.39 is 20.0 Å². The molecule has 0 atom stereocenters. The Morgan fingerprint density at radius 1 is 0.917 bits per heavy atom. The van der Waals surface area contributed by atoms with Gasteiger partial charge in [0, 0.05) is 27.2 Å². The number of rotatable bonds is 5. The summed E-state index contributed by atoms with van der Waals surface area (Å²) in [6, 6.07) is 5.62. The van der Waals surface area contributed by atoms with Gasteiger partial charge in [0.05, 0.1) is 0 Å². The third-order valence-corrected chi connectivity index (χ3v) is 8.06. The molecule has 1 aliphatic heterocycles. The highest BCUT2D eigenvalue weighted by molar-refractivity contribution is 7.92. The van der Waals surface area contributed by atoms with Gasteiger partial charge in [-0.2, -0.15) is 4.31 Å². The summed E-state index contributed by atoms with van der Waals surface area (Å²) in [5.41, 5.74) is 0. The monoisotopic (exact) mass is 397 g/mol. The van der Waals surface area contributed by atoms with E-state index in [-0.39, 0.29) is 28.2 Å². The van der Waals surface area contributed by atoms with Crippen molar-refractivity contribution >= 4 is 32.5 Å². The molecule has 1 N–H and O–H groups in total. The van der Waals surface area contributed by atoms with Crippen molar-refractivity contribution in [3.63, 3.8) is 0 Å². The second-order valence-electron chi connectivity index (χ2n) is 5.74. The average Bonchev–Trinajstić information content (AvgIpc) is 2.54. The van der Waals surface area contributed by atoms with Gasteiger partial charge in [-0.15, -0.1) is 12.4 Å². The van der Waals surface area contributed by atoms with Gasteiger partial charge in [0.15, 0.2) is 0 Å². The highest BCUT2D eigenvalue weighted by atomic mass is 35.5. The minimum absolute atomic E-state index is 0. The molecule has 0 amide bonds. The van der Waals surface area contributed by atoms with Gasteiger partial charge < -0.3 is 5.32 Å². The van der Waals surface area contributed by atoms with Gasteiger partial charge in [-0.3, -0.25) is 0 Å². The molecule has 0 radical (unpaired) electrons. The van der Waals surface area contributed by atoms with Crippen molar-refractivity contribution in [3.8, 4) is 0 Å². The van der Waals surface area contributed by atoms with Gasteiger partial charge >= 0.3 is 0 Å². The first kappa shape index (κ1) is 21.3. The first-order chi connectivity index (χ1) is 10.7. The quantitative estimate of drug-likeness (QED) is 0.791. The van der Waals surface area contributed by atoms with Gasteiger partial charge in [0.1, 0.15) is 9.79 Å². The van der Waals surface area contributed by atoms with Gasteiger partial charge in [-0.25, -0.2) is 21.1 Å². The Labute approximate surface area is 150 Å². The molecular formula is C14H24ClN3O4S2. The van der Waals surface area contributed by atoms with E-state index in [0.29, 0.717) is 12.8 Å². The zero-order chi connectivity index (χ0) is 17.3. The summed E-state index contributed by atoms with van der Waals surface area (Å²) in [5.74, 6) is 0. The topological polar surface area (TPSA) is 86.8 Å². The molecule has 0 unspecified atom stereocenters. The van der Waals surface area contributed by atoms with Crippen molar-refractivity contribution in [2.45, 2.75) is 28.7 Å². The Bertz CT molecular complexity index is 760. The standard InChI is InChI=1S/C14H23N3O4S2.ClH/c1-16(2)22(18,19)13-6-4-5-7-14(13)23(20,21)17(3)12-8-10-15-11-9-12;/h4-7,12,15H,8-11H2,1-3H3;1H. The lowest BCUT2D eigenvalue weighted by Crippen LogP contribution is -2.44. The molecule has 0 saturated carbocycles. The Morgan fingerprint density at radius 3 is 1.83 bits per heavy atom. The molecule has 1 fully saturated rings. The maximum absolute atomic E-state index is 12.9. The lowest BCUT2D eigenvalue weighted by molar-refractivity contribution is 0.296. The predicted molar refractivity (Wildman–Crippen MR) is 95.4 cm³/mol. The normalized spacial score (nSPS) is 17.0. The van der Waals surface area contributed by atoms with E-state index in [0.717, 1.165) is 17.4 Å². The Morgan fingerprint density at radius 2 is 1.38 bits per heavy atom. The zero-order valence-electron chi connectivity index (χ0n) is 14.0. The minimum atomic E-state index is -3.89. The fourth-order valence-electron chi connectivity index (χ4n) is 2.59. The summed E-state index contributed by atoms with van der Waals surface area (Å²) in [6.45, 7) is 1.50. The van der Waals surface area contributed by atoms with Gasteiger partial charge in [0.25, 0.3) is 0 Å². The maximum atomic E-state index is 12.9. The predicted octanol–water partition coefficient (Wildman–Crippen LogP) is 0.731. The van der Waals surface area contributed by atoms with Crippen LogP contribution >= 0.6 is 12.4 Å². The van der Waals surface area contributed by atoms with Crippen LogP contribution in [0, 0.1) is 0 Å². The van der Waals surface area contributed by atoms with Crippen molar-refractivity contribution in [2.24, 2.45) is 0 Å². The van der Waals surface area contributed by atoms with Crippen molar-refractivity contribution in [3.05, 3.63) is 24.3 Å². The summed E-state index contributed by atoms with van der Waals surface area (Å²) in [6.07, 6.45) is 1.41. The molecule has 10 heteroatoms. The molecule has 2 rings (SSSR count). The smallest absolute Gasteiger partial charge is 0.244 e. The van der Waals surface area contributed by atoms with Crippen LogP contribution in [-0.2, 0) is 20.0 Å². The molecule has 1 aromatic carbocycles. The lowest BCUT2D eigenvalue weighted by Gasteiger charge is -2.31. The second kappa shape index (κ2) is 8.11. The van der Waals surface area contributed by atoms with Crippen LogP contribution in [0.25, 0.3) is 0 Å². The van der Waals surface area contributed by atoms with E-state index in [2.05, 4.69) is 5.32 Å². The van der Waals surface area contributed by atoms with Crippen LogP contribution in [0.3, 0.4) is 0 Å². The maximum Gasteiger partial charge on any atom is 0.244 e. The molecule has 24 heavy (non-hydrogen) atoms. The SMILES string of the molecule is CN(C)S(=O)(=O)c1ccccc1S(=O)(=O)N(C)C1CCNCC1.Cl. The van der Waals surface area contributed by atoms with Crippen LogP contribution in [0.5, 0.6) is 0 Å². The summed E-state index contributed by atoms with van der Waals surface area (Å²) in [7, 11) is -3.44. The van der Waals surface area contributed by atoms with E-state index in [1.54, 1.807) is 0 Å². The number of hydrogen-bond donors (Lipinski definition) is 1. The molecule has 138 valence electrons. The molecule has 0 spiro atoms. The van der Waals surface area contributed by atoms with Gasteiger partial charge in [0.2, 0.25) is 20.0 Å². The van der Waals surface area contributed by atoms with E-state index in [1.807, 2.05) is 0 Å². The number of piperidine rings is 1. The number of sulfonamides is 2. The molecule has 1 heterocycles. The third-order valence-electron chi connectivity index (χ3n) is 4.09. The molecule has 1 aliphatic rings. The van der Waals surface area contributed by atoms with Crippen molar-refractivity contribution in [1.29, 1.82) is 0 Å². The van der Waals surface area contributed by atoms with Gasteiger partial charge in [-0.05, 0) is 38.1 Å². The minimum Gasteiger partial charge on any atom is -0.317 e. The van der Waals surface area contributed by atoms with Crippen LogP contribution < -0.4 is 5.32 Å². The molecule has 1 aromatic rings. The highest BCUT2D eigenvalue weighted by Gasteiger charge is 2.34. The van der Waals surface area contributed by atoms with Crippen LogP contribution in [-0.4, -0.2) is 65.7 Å². The molecule has 0 bridgehead atoms. The lowest BCUT2D eigenvalue weighted by atomic mass is 10.1. The van der Waals surface area contributed by atoms with E-state index in [4.69, 9.17) is 0 Å². The highest BCUT2D eigenvalue weighted by Crippen LogP contribution is 2.27. The van der Waals surface area contributed by atoms with Crippen LogP contribution in [0.1, 0.15) is 12.8 Å². The van der Waals surface area contributed by atoms with Crippen molar-refractivity contribution in [1.82, 2.24) is 13.9 Å². The van der Waals surface area contributed by atoms with Crippen molar-refractivity contribution in [2.75, 3.05) is 34.2 Å². The number of halogens is 1. The average molecular weight is 398 g/mol. The molecule has 0 aliphatic carbocycles. The first-order valence-corrected chi connectivity index (χ1v) is 10.3. The Hall–Kier alpha value is -0.710. The summed E-state index contributed by atoms with van der Waals surface area (Å²) >= 11 is 0. The molecule has 7 nitrogen and oxygen atoms in total. The fourth-order valence-corrected chi connectivity index (χ4v) is 5.68. The van der Waals surface area contributed by atoms with E-state index in [9.17, 15) is 16.8 Å². The largest absolute Gasteiger partial charge is 0.317 e. The second-order valence-corrected chi connectivity index (χ2v) is 9.82. The molecule has 0 aromatic heterocycles.